The summed E-state index contributed by atoms with van der Waals surface area (Å²) >= 11 is 0. The molecule has 0 radical (unpaired) electrons. The Morgan fingerprint density at radius 2 is 2.26 bits per heavy atom. The molecule has 0 bridgehead atoms. The maximum atomic E-state index is 12.1. The normalized spacial score (nSPS) is 14.5. The van der Waals surface area contributed by atoms with Crippen LogP contribution >= 0.6 is 0 Å². The first-order valence-electron chi connectivity index (χ1n) is 6.53. The van der Waals surface area contributed by atoms with Gasteiger partial charge in [-0.1, -0.05) is 0 Å². The molecule has 0 heterocycles. The second-order valence-electron chi connectivity index (χ2n) is 4.93. The van der Waals surface area contributed by atoms with Crippen molar-refractivity contribution in [2.24, 2.45) is 0 Å². The minimum Gasteiger partial charge on any atom is -0.496 e. The topological polar surface area (TPSA) is 67.6 Å². The van der Waals surface area contributed by atoms with Crippen molar-refractivity contribution in [1.82, 2.24) is 10.2 Å². The highest BCUT2D eigenvalue weighted by atomic mass is 16.5. The van der Waals surface area contributed by atoms with E-state index in [1.807, 2.05) is 0 Å². The SMILES string of the molecule is COc1ccc(N)cc1C(=O)NCCN(C)C1CC1. The van der Waals surface area contributed by atoms with Gasteiger partial charge in [-0.15, -0.1) is 0 Å². The van der Waals surface area contributed by atoms with Gasteiger partial charge in [-0.3, -0.25) is 4.79 Å². The molecule has 0 aromatic heterocycles. The third kappa shape index (κ3) is 3.61. The van der Waals surface area contributed by atoms with Crippen LogP contribution < -0.4 is 15.8 Å². The van der Waals surface area contributed by atoms with Crippen molar-refractivity contribution in [3.8, 4) is 5.75 Å². The van der Waals surface area contributed by atoms with E-state index in [0.29, 0.717) is 29.6 Å². The number of hydrogen-bond donors (Lipinski definition) is 2. The van der Waals surface area contributed by atoms with Gasteiger partial charge in [0.25, 0.3) is 5.91 Å². The Balaban J connectivity index is 1.89. The number of hydrogen-bond acceptors (Lipinski definition) is 4. The molecule has 5 heteroatoms. The Hall–Kier alpha value is -1.75. The summed E-state index contributed by atoms with van der Waals surface area (Å²) in [6.45, 7) is 1.49. The Morgan fingerprint density at radius 3 is 2.89 bits per heavy atom. The van der Waals surface area contributed by atoms with Crippen LogP contribution in [0.4, 0.5) is 5.69 Å². The molecule has 0 atom stereocenters. The number of carbonyl (C=O) groups is 1. The Bertz CT molecular complexity index is 458. The first kappa shape index (κ1) is 13.7. The fraction of sp³-hybridized carbons (Fsp3) is 0.500. The molecule has 1 saturated carbocycles. The largest absolute Gasteiger partial charge is 0.496 e. The van der Waals surface area contributed by atoms with Crippen molar-refractivity contribution in [1.29, 1.82) is 0 Å². The fourth-order valence-corrected chi connectivity index (χ4v) is 2.04. The Morgan fingerprint density at radius 1 is 1.53 bits per heavy atom. The summed E-state index contributed by atoms with van der Waals surface area (Å²) in [7, 11) is 3.63. The molecule has 1 amide bonds. The quantitative estimate of drug-likeness (QED) is 0.754. The van der Waals surface area contributed by atoms with Gasteiger partial charge in [0.2, 0.25) is 0 Å². The zero-order chi connectivity index (χ0) is 13.8. The summed E-state index contributed by atoms with van der Waals surface area (Å²) in [4.78, 5) is 14.4. The van der Waals surface area contributed by atoms with E-state index in [1.54, 1.807) is 25.3 Å². The number of ether oxygens (including phenoxy) is 1. The van der Waals surface area contributed by atoms with Crippen molar-refractivity contribution in [2.75, 3.05) is 33.0 Å². The van der Waals surface area contributed by atoms with Crippen molar-refractivity contribution >= 4 is 11.6 Å². The van der Waals surface area contributed by atoms with Crippen LogP contribution in [0.25, 0.3) is 0 Å². The molecule has 19 heavy (non-hydrogen) atoms. The molecule has 1 aromatic rings. The summed E-state index contributed by atoms with van der Waals surface area (Å²) in [5, 5.41) is 2.90. The molecule has 0 aliphatic heterocycles. The van der Waals surface area contributed by atoms with E-state index in [1.165, 1.54) is 12.8 Å². The molecule has 5 nitrogen and oxygen atoms in total. The van der Waals surface area contributed by atoms with Crippen LogP contribution in [-0.4, -0.2) is 44.1 Å². The van der Waals surface area contributed by atoms with E-state index in [4.69, 9.17) is 10.5 Å². The van der Waals surface area contributed by atoms with Crippen molar-refractivity contribution in [3.05, 3.63) is 23.8 Å². The van der Waals surface area contributed by atoms with Gasteiger partial charge in [0, 0.05) is 24.8 Å². The van der Waals surface area contributed by atoms with Gasteiger partial charge in [0.1, 0.15) is 5.75 Å². The lowest BCUT2D eigenvalue weighted by molar-refractivity contribution is 0.0946. The van der Waals surface area contributed by atoms with Crippen molar-refractivity contribution in [3.63, 3.8) is 0 Å². The predicted octanol–water partition coefficient (Wildman–Crippen LogP) is 1.10. The fourth-order valence-electron chi connectivity index (χ4n) is 2.04. The van der Waals surface area contributed by atoms with E-state index >= 15 is 0 Å². The molecule has 1 aromatic carbocycles. The van der Waals surface area contributed by atoms with E-state index < -0.39 is 0 Å². The molecule has 104 valence electrons. The van der Waals surface area contributed by atoms with Gasteiger partial charge < -0.3 is 20.7 Å². The van der Waals surface area contributed by atoms with Gasteiger partial charge >= 0.3 is 0 Å². The number of nitrogens with zero attached hydrogens (tertiary/aromatic N) is 1. The van der Waals surface area contributed by atoms with Crippen LogP contribution in [0.5, 0.6) is 5.75 Å². The zero-order valence-corrected chi connectivity index (χ0v) is 11.5. The first-order chi connectivity index (χ1) is 9.11. The summed E-state index contributed by atoms with van der Waals surface area (Å²) in [5.41, 5.74) is 6.74. The van der Waals surface area contributed by atoms with Gasteiger partial charge in [-0.25, -0.2) is 0 Å². The third-order valence-corrected chi connectivity index (χ3v) is 3.39. The monoisotopic (exact) mass is 263 g/mol. The number of carbonyl (C=O) groups excluding carboxylic acids is 1. The molecular weight excluding hydrogens is 242 g/mol. The Kier molecular flexibility index (Phi) is 4.27. The molecule has 1 aliphatic rings. The van der Waals surface area contributed by atoms with E-state index in [0.717, 1.165) is 6.54 Å². The number of nitrogen functional groups attached to an aromatic ring is 1. The first-order valence-corrected chi connectivity index (χ1v) is 6.53. The highest BCUT2D eigenvalue weighted by Crippen LogP contribution is 2.24. The van der Waals surface area contributed by atoms with Gasteiger partial charge in [-0.05, 0) is 38.1 Å². The molecule has 3 N–H and O–H groups in total. The zero-order valence-electron chi connectivity index (χ0n) is 11.5. The molecule has 2 rings (SSSR count). The van der Waals surface area contributed by atoms with Crippen molar-refractivity contribution in [2.45, 2.75) is 18.9 Å². The number of nitrogens with two attached hydrogens (primary N) is 1. The maximum Gasteiger partial charge on any atom is 0.255 e. The lowest BCUT2D eigenvalue weighted by Gasteiger charge is -2.16. The summed E-state index contributed by atoms with van der Waals surface area (Å²) in [6, 6.07) is 5.77. The number of benzene rings is 1. The Labute approximate surface area is 113 Å². The lowest BCUT2D eigenvalue weighted by atomic mass is 10.1. The number of amides is 1. The van der Waals surface area contributed by atoms with Crippen LogP contribution in [-0.2, 0) is 0 Å². The minimum absolute atomic E-state index is 0.145. The maximum absolute atomic E-state index is 12.1. The number of rotatable bonds is 6. The van der Waals surface area contributed by atoms with E-state index in [-0.39, 0.29) is 5.91 Å². The number of nitrogens with one attached hydrogen (secondary N) is 1. The standard InChI is InChI=1S/C14H21N3O2/c1-17(11-4-5-11)8-7-16-14(18)12-9-10(15)3-6-13(12)19-2/h3,6,9,11H,4-5,7-8,15H2,1-2H3,(H,16,18). The van der Waals surface area contributed by atoms with Crippen LogP contribution in [0.3, 0.4) is 0 Å². The average Bonchev–Trinajstić information content (AvgIpc) is 3.22. The van der Waals surface area contributed by atoms with Gasteiger partial charge in [0.15, 0.2) is 0 Å². The highest BCUT2D eigenvalue weighted by Gasteiger charge is 2.25. The second-order valence-corrected chi connectivity index (χ2v) is 4.93. The van der Waals surface area contributed by atoms with E-state index in [9.17, 15) is 4.79 Å². The number of methoxy groups -OCH3 is 1. The van der Waals surface area contributed by atoms with Crippen LogP contribution in [0, 0.1) is 0 Å². The lowest BCUT2D eigenvalue weighted by Crippen LogP contribution is -2.34. The molecular formula is C14H21N3O2. The highest BCUT2D eigenvalue weighted by molar-refractivity contribution is 5.97. The van der Waals surface area contributed by atoms with Crippen LogP contribution in [0.15, 0.2) is 18.2 Å². The molecule has 1 aliphatic carbocycles. The molecule has 0 spiro atoms. The van der Waals surface area contributed by atoms with E-state index in [2.05, 4.69) is 17.3 Å². The second kappa shape index (κ2) is 5.93. The molecule has 0 saturated heterocycles. The minimum atomic E-state index is -0.145. The van der Waals surface area contributed by atoms with Crippen molar-refractivity contribution < 1.29 is 9.53 Å². The van der Waals surface area contributed by atoms with Gasteiger partial charge in [-0.2, -0.15) is 0 Å². The smallest absolute Gasteiger partial charge is 0.255 e. The number of anilines is 1. The van der Waals surface area contributed by atoms with Gasteiger partial charge in [0.05, 0.1) is 12.7 Å². The van der Waals surface area contributed by atoms with Crippen LogP contribution in [0.2, 0.25) is 0 Å². The molecule has 1 fully saturated rings. The molecule has 0 unspecified atom stereocenters. The predicted molar refractivity (Wildman–Crippen MR) is 75.4 cm³/mol. The summed E-state index contributed by atoms with van der Waals surface area (Å²) in [6.07, 6.45) is 2.54. The van der Waals surface area contributed by atoms with Crippen LogP contribution in [0.1, 0.15) is 23.2 Å². The average molecular weight is 263 g/mol. The third-order valence-electron chi connectivity index (χ3n) is 3.39. The summed E-state index contributed by atoms with van der Waals surface area (Å²) in [5.74, 6) is 0.399. The summed E-state index contributed by atoms with van der Waals surface area (Å²) < 4.78 is 5.17. The number of likely N-dealkylation sites (N-methyl/N-ethyl adjacent to an activating group) is 1.